The van der Waals surface area contributed by atoms with Crippen LogP contribution in [0.2, 0.25) is 0 Å². The third-order valence-electron chi connectivity index (χ3n) is 12.5. The summed E-state index contributed by atoms with van der Waals surface area (Å²) in [6, 6.07) is 52.2. The second kappa shape index (κ2) is 29.7. The molecule has 0 bridgehead atoms. The number of hydrogen-bond donors (Lipinski definition) is 0. The first kappa shape index (κ1) is 59.9. The Bertz CT molecular complexity index is 2550. The summed E-state index contributed by atoms with van der Waals surface area (Å²) in [6.45, 7) is 47.1. The van der Waals surface area contributed by atoms with E-state index in [2.05, 4.69) is 298 Å². The molecule has 8 aromatic rings. The van der Waals surface area contributed by atoms with Crippen LogP contribution in [-0.2, 0) is 0 Å². The number of rotatable bonds is 1. The van der Waals surface area contributed by atoms with Gasteiger partial charge in [0.15, 0.2) is 0 Å². The second-order valence-corrected chi connectivity index (χ2v) is 20.3. The summed E-state index contributed by atoms with van der Waals surface area (Å²) in [5.41, 5.74) is 32.7. The van der Waals surface area contributed by atoms with E-state index in [9.17, 15) is 0 Å². The van der Waals surface area contributed by atoms with Crippen LogP contribution in [0.4, 0.5) is 0 Å². The lowest BCUT2D eigenvalue weighted by atomic mass is 10.00. The van der Waals surface area contributed by atoms with E-state index in [-0.39, 0.29) is 0 Å². The van der Waals surface area contributed by atoms with Crippen molar-refractivity contribution in [2.75, 3.05) is 0 Å². The lowest BCUT2D eigenvalue weighted by Gasteiger charge is -2.05. The summed E-state index contributed by atoms with van der Waals surface area (Å²) >= 11 is 0. The summed E-state index contributed by atoms with van der Waals surface area (Å²) in [7, 11) is 0. The number of aryl methyl sites for hydroxylation is 19. The quantitative estimate of drug-likeness (QED) is 0.154. The van der Waals surface area contributed by atoms with Crippen molar-refractivity contribution in [2.45, 2.75) is 152 Å². The zero-order valence-electron chi connectivity index (χ0n) is 47.9. The molecule has 0 amide bonds. The van der Waals surface area contributed by atoms with Crippen molar-refractivity contribution >= 4 is 0 Å². The van der Waals surface area contributed by atoms with Gasteiger partial charge >= 0.3 is 0 Å². The maximum Gasteiger partial charge on any atom is -0.0179 e. The van der Waals surface area contributed by atoms with Crippen molar-refractivity contribution in [3.8, 4) is 11.1 Å². The molecular weight excluding hydrogens is 841 g/mol. The third-order valence-corrected chi connectivity index (χ3v) is 12.5. The molecule has 0 fully saturated rings. The second-order valence-electron chi connectivity index (χ2n) is 20.3. The lowest BCUT2D eigenvalue weighted by Crippen LogP contribution is -1.86. The van der Waals surface area contributed by atoms with Gasteiger partial charge in [-0.3, -0.25) is 0 Å². The van der Waals surface area contributed by atoms with E-state index in [4.69, 9.17) is 0 Å². The Kier molecular flexibility index (Phi) is 25.4. The predicted molar refractivity (Wildman–Crippen MR) is 315 cm³/mol. The first-order chi connectivity index (χ1) is 32.7. The Labute approximate surface area is 429 Å². The molecule has 0 unspecified atom stereocenters. The molecule has 0 aliphatic rings. The average Bonchev–Trinajstić information content (AvgIpc) is 3.24. The summed E-state index contributed by atoms with van der Waals surface area (Å²) in [5, 5.41) is 0. The van der Waals surface area contributed by atoms with Gasteiger partial charge in [0.05, 0.1) is 0 Å². The average molecular weight is 931 g/mol. The van der Waals surface area contributed by atoms with Gasteiger partial charge in [0.25, 0.3) is 0 Å². The van der Waals surface area contributed by atoms with Gasteiger partial charge in [-0.15, -0.1) is 0 Å². The molecule has 0 aromatic heterocycles. The molecule has 0 radical (unpaired) electrons. The van der Waals surface area contributed by atoms with Crippen molar-refractivity contribution < 1.29 is 0 Å². The largest absolute Gasteiger partial charge is 0.0617 e. The van der Waals surface area contributed by atoms with E-state index >= 15 is 0 Å². The Balaban J connectivity index is 0.000000283. The fraction of sp³-hybridized carbons (Fsp3) is 0.314. The van der Waals surface area contributed by atoms with Crippen LogP contribution in [0, 0.1) is 152 Å². The lowest BCUT2D eigenvalue weighted by molar-refractivity contribution is 1.23. The highest BCUT2D eigenvalue weighted by molar-refractivity contribution is 5.65. The van der Waals surface area contributed by atoms with Crippen LogP contribution >= 0.6 is 0 Å². The fourth-order valence-electron chi connectivity index (χ4n) is 8.50. The Morgan fingerprint density at radius 2 is 0.386 bits per heavy atom. The van der Waals surface area contributed by atoms with Gasteiger partial charge in [0, 0.05) is 0 Å². The van der Waals surface area contributed by atoms with Gasteiger partial charge in [-0.1, -0.05) is 218 Å². The van der Waals surface area contributed by atoms with Crippen molar-refractivity contribution in [1.82, 2.24) is 0 Å². The normalized spacial score (nSPS) is 9.86. The summed E-state index contributed by atoms with van der Waals surface area (Å²) in [4.78, 5) is 0. The van der Waals surface area contributed by atoms with Crippen molar-refractivity contribution in [1.29, 1.82) is 0 Å². The van der Waals surface area contributed by atoms with Gasteiger partial charge in [0.1, 0.15) is 0 Å². The summed E-state index contributed by atoms with van der Waals surface area (Å²) in [5.74, 6) is 0. The molecule has 0 N–H and O–H groups in total. The van der Waals surface area contributed by atoms with E-state index in [1.165, 1.54) is 134 Å². The van der Waals surface area contributed by atoms with Crippen LogP contribution in [0.3, 0.4) is 0 Å². The molecule has 8 aromatic carbocycles. The van der Waals surface area contributed by atoms with E-state index in [1.54, 1.807) is 0 Å². The zero-order chi connectivity index (χ0) is 52.8. The highest BCUT2D eigenvalue weighted by atomic mass is 14.1. The summed E-state index contributed by atoms with van der Waals surface area (Å²) in [6.07, 6.45) is 0. The molecule has 0 atom stereocenters. The van der Waals surface area contributed by atoms with Crippen LogP contribution in [0.5, 0.6) is 0 Å². The first-order valence-corrected chi connectivity index (χ1v) is 25.1. The SMILES string of the molecule is Cc1cc(C)c(C)c(C)c1.Cc1cc(C)c(C)c(C)c1.Cc1cc(C)cc(C)c1.Cc1cc(C)cc(C)c1.Cc1ccc(-c2cc(C)cc(C)c2)cc1.Cc1cccc(C)c1.Cc1cccc(C)c1C. The standard InChI is InChI=1S/C15H16.2C10H14.3C9H12.C8H10/c1-11-4-6-14(7-5-11)15-9-12(2)8-13(3)10-15;2*1-7-5-8(2)10(4)9(3)6-7;2*1-7-4-8(2)6-9(3)5-7;1-7-5-4-6-8(2)9(7)3;1-7-4-3-5-8(2)6-7/h4-10H,1-3H3;2*5-6H,1-4H3;3*4-6H,1-3H3;3-6H,1-2H3. The van der Waals surface area contributed by atoms with Gasteiger partial charge in [0.2, 0.25) is 0 Å². The summed E-state index contributed by atoms with van der Waals surface area (Å²) < 4.78 is 0. The highest BCUT2D eigenvalue weighted by Crippen LogP contribution is 2.23. The molecule has 370 valence electrons. The molecule has 0 aliphatic heterocycles. The minimum absolute atomic E-state index is 1.30. The molecule has 0 saturated heterocycles. The van der Waals surface area contributed by atoms with Crippen molar-refractivity contribution in [3.05, 3.63) is 268 Å². The molecule has 8 rings (SSSR count). The van der Waals surface area contributed by atoms with E-state index in [1.807, 2.05) is 0 Å². The maximum absolute atomic E-state index is 2.23. The predicted octanol–water partition coefficient (Wildman–Crippen LogP) is 20.3. The smallest absolute Gasteiger partial charge is 0.0179 e. The van der Waals surface area contributed by atoms with Crippen LogP contribution in [-0.4, -0.2) is 0 Å². The molecule has 70 heavy (non-hydrogen) atoms. The molecule has 0 spiro atoms. The maximum atomic E-state index is 2.23. The Morgan fingerprint density at radius 1 is 0.157 bits per heavy atom. The van der Waals surface area contributed by atoms with Crippen LogP contribution in [0.1, 0.15) is 122 Å². The molecular formula is C70H90. The van der Waals surface area contributed by atoms with E-state index < -0.39 is 0 Å². The van der Waals surface area contributed by atoms with Crippen LogP contribution in [0.25, 0.3) is 11.1 Å². The highest BCUT2D eigenvalue weighted by Gasteiger charge is 2.00. The minimum Gasteiger partial charge on any atom is -0.0617 e. The number of benzene rings is 8. The Morgan fingerprint density at radius 3 is 0.643 bits per heavy atom. The zero-order valence-corrected chi connectivity index (χ0v) is 47.9. The first-order valence-electron chi connectivity index (χ1n) is 25.1. The van der Waals surface area contributed by atoms with Gasteiger partial charge in [-0.2, -0.15) is 0 Å². The topological polar surface area (TPSA) is 0 Å². The van der Waals surface area contributed by atoms with E-state index in [0.717, 1.165) is 0 Å². The monoisotopic (exact) mass is 931 g/mol. The molecule has 0 heteroatoms. The van der Waals surface area contributed by atoms with Crippen molar-refractivity contribution in [3.63, 3.8) is 0 Å². The Hall–Kier alpha value is -6.24. The van der Waals surface area contributed by atoms with Crippen molar-refractivity contribution in [2.24, 2.45) is 0 Å². The van der Waals surface area contributed by atoms with Crippen LogP contribution in [0.15, 0.2) is 146 Å². The van der Waals surface area contributed by atoms with Gasteiger partial charge in [-0.05, 0) is 214 Å². The fourth-order valence-corrected chi connectivity index (χ4v) is 8.50. The van der Waals surface area contributed by atoms with Gasteiger partial charge in [-0.25, -0.2) is 0 Å². The van der Waals surface area contributed by atoms with Gasteiger partial charge < -0.3 is 0 Å². The minimum atomic E-state index is 1.30. The molecule has 0 nitrogen and oxygen atoms in total. The van der Waals surface area contributed by atoms with E-state index in [0.29, 0.717) is 0 Å². The molecule has 0 heterocycles. The molecule has 0 saturated carbocycles. The number of hydrogen-bond acceptors (Lipinski definition) is 0. The van der Waals surface area contributed by atoms with Crippen LogP contribution < -0.4 is 0 Å². The molecule has 0 aliphatic carbocycles. The third kappa shape index (κ3) is 22.9.